The largest absolute Gasteiger partial charge is 0.373 e. The van der Waals surface area contributed by atoms with E-state index in [4.69, 9.17) is 0 Å². The van der Waals surface area contributed by atoms with E-state index in [1.54, 1.807) is 6.33 Å². The van der Waals surface area contributed by atoms with E-state index in [1.807, 2.05) is 18.8 Å². The molecule has 0 bridgehead atoms. The zero-order valence-electron chi connectivity index (χ0n) is 10.9. The molecule has 1 aromatic rings. The molecule has 0 aliphatic carbocycles. The lowest BCUT2D eigenvalue weighted by Crippen LogP contribution is -2.24. The van der Waals surface area contributed by atoms with Crippen LogP contribution in [0.5, 0.6) is 0 Å². The van der Waals surface area contributed by atoms with Gasteiger partial charge >= 0.3 is 0 Å². The summed E-state index contributed by atoms with van der Waals surface area (Å²) in [6.07, 6.45) is 2.56. The Morgan fingerprint density at radius 3 is 2.83 bits per heavy atom. The van der Waals surface area contributed by atoms with Crippen molar-refractivity contribution in [2.24, 2.45) is 0 Å². The minimum atomic E-state index is 0.696. The average Bonchev–Trinajstić information content (AvgIpc) is 2.45. The summed E-state index contributed by atoms with van der Waals surface area (Å²) in [6.45, 7) is 3.13. The molecule has 0 radical (unpaired) electrons. The molecule has 2 N–H and O–H groups in total. The second-order valence-electron chi connectivity index (χ2n) is 4.10. The maximum Gasteiger partial charge on any atom is 0.134 e. The van der Waals surface area contributed by atoms with Crippen LogP contribution in [0.4, 0.5) is 11.6 Å². The van der Waals surface area contributed by atoms with Crippen LogP contribution in [0.2, 0.25) is 0 Å². The van der Waals surface area contributed by atoms with Gasteiger partial charge in [0.1, 0.15) is 18.0 Å². The maximum absolute atomic E-state index is 4.36. The second kappa shape index (κ2) is 7.09. The quantitative estimate of drug-likeness (QED) is 0.865. The molecule has 1 aromatic heterocycles. The highest BCUT2D eigenvalue weighted by molar-refractivity contribution is 8.06. The molecule has 1 saturated heterocycles. The van der Waals surface area contributed by atoms with E-state index in [9.17, 15) is 0 Å². The number of hydrogen-bond acceptors (Lipinski definition) is 6. The van der Waals surface area contributed by atoms with Crippen molar-refractivity contribution in [1.82, 2.24) is 9.97 Å². The Bertz CT molecular complexity index is 380. The zero-order chi connectivity index (χ0) is 12.8. The van der Waals surface area contributed by atoms with Gasteiger partial charge in [0.25, 0.3) is 0 Å². The summed E-state index contributed by atoms with van der Waals surface area (Å²) in [7, 11) is 1.90. The lowest BCUT2D eigenvalue weighted by atomic mass is 10.2. The first-order valence-corrected chi connectivity index (χ1v) is 8.50. The van der Waals surface area contributed by atoms with Gasteiger partial charge in [0.05, 0.1) is 0 Å². The smallest absolute Gasteiger partial charge is 0.134 e. The molecule has 6 heteroatoms. The molecule has 0 amide bonds. The van der Waals surface area contributed by atoms with Crippen LogP contribution in [0.25, 0.3) is 0 Å². The summed E-state index contributed by atoms with van der Waals surface area (Å²) in [5, 5.41) is 7.30. The van der Waals surface area contributed by atoms with Crippen molar-refractivity contribution in [2.45, 2.75) is 18.6 Å². The van der Waals surface area contributed by atoms with Crippen LogP contribution in [-0.2, 0) is 6.42 Å². The third kappa shape index (κ3) is 3.45. The van der Waals surface area contributed by atoms with E-state index >= 15 is 0 Å². The molecular weight excluding hydrogens is 264 g/mol. The van der Waals surface area contributed by atoms with E-state index in [0.717, 1.165) is 24.6 Å². The predicted octanol–water partition coefficient (Wildman–Crippen LogP) is 2.34. The molecule has 100 valence electrons. The molecule has 0 saturated carbocycles. The highest BCUT2D eigenvalue weighted by Crippen LogP contribution is 2.25. The topological polar surface area (TPSA) is 49.8 Å². The number of nitrogens with one attached hydrogen (secondary N) is 2. The van der Waals surface area contributed by atoms with Gasteiger partial charge in [-0.3, -0.25) is 0 Å². The highest BCUT2D eigenvalue weighted by atomic mass is 32.2. The molecule has 2 rings (SSSR count). The maximum atomic E-state index is 4.36. The Morgan fingerprint density at radius 2 is 2.17 bits per heavy atom. The Balaban J connectivity index is 1.99. The fourth-order valence-corrected chi connectivity index (χ4v) is 4.59. The standard InChI is InChI=1S/C12H20N4S2/c1-3-10-11(13-2)15-8-16-12(10)14-6-9-7-17-4-5-18-9/h8-9H,3-7H2,1-2H3,(H2,13,14,15,16). The summed E-state index contributed by atoms with van der Waals surface area (Å²) in [5.74, 6) is 5.71. The van der Waals surface area contributed by atoms with E-state index in [2.05, 4.69) is 39.3 Å². The molecule has 1 unspecified atom stereocenters. The van der Waals surface area contributed by atoms with Crippen molar-refractivity contribution in [3.63, 3.8) is 0 Å². The summed E-state index contributed by atoms with van der Waals surface area (Å²) in [6, 6.07) is 0. The first kappa shape index (κ1) is 13.8. The molecule has 4 nitrogen and oxygen atoms in total. The Hall–Kier alpha value is -0.620. The molecule has 1 atom stereocenters. The van der Waals surface area contributed by atoms with Crippen molar-refractivity contribution in [2.75, 3.05) is 41.5 Å². The molecular formula is C12H20N4S2. The van der Waals surface area contributed by atoms with Crippen LogP contribution in [0, 0.1) is 0 Å². The number of thioether (sulfide) groups is 2. The zero-order valence-corrected chi connectivity index (χ0v) is 12.5. The van der Waals surface area contributed by atoms with E-state index in [0.29, 0.717) is 5.25 Å². The fraction of sp³-hybridized carbons (Fsp3) is 0.667. The Kier molecular flexibility index (Phi) is 5.44. The number of rotatable bonds is 5. The van der Waals surface area contributed by atoms with Gasteiger partial charge in [-0.2, -0.15) is 23.5 Å². The van der Waals surface area contributed by atoms with Crippen molar-refractivity contribution >= 4 is 35.2 Å². The van der Waals surface area contributed by atoms with Crippen LogP contribution in [0.3, 0.4) is 0 Å². The van der Waals surface area contributed by atoms with Crippen molar-refractivity contribution in [3.05, 3.63) is 11.9 Å². The van der Waals surface area contributed by atoms with Crippen molar-refractivity contribution < 1.29 is 0 Å². The molecule has 1 aliphatic heterocycles. The van der Waals surface area contributed by atoms with E-state index < -0.39 is 0 Å². The SMILES string of the molecule is CCc1c(NC)ncnc1NCC1CSCCS1. The molecule has 2 heterocycles. The lowest BCUT2D eigenvalue weighted by molar-refractivity contribution is 0.966. The van der Waals surface area contributed by atoms with Gasteiger partial charge in [0, 0.05) is 41.7 Å². The third-order valence-corrected chi connectivity index (χ3v) is 5.76. The minimum absolute atomic E-state index is 0.696. The monoisotopic (exact) mass is 284 g/mol. The van der Waals surface area contributed by atoms with Gasteiger partial charge < -0.3 is 10.6 Å². The van der Waals surface area contributed by atoms with Gasteiger partial charge in [0.2, 0.25) is 0 Å². The summed E-state index contributed by atoms with van der Waals surface area (Å²) in [4.78, 5) is 8.62. The normalized spacial score (nSPS) is 19.6. The van der Waals surface area contributed by atoms with Crippen LogP contribution < -0.4 is 10.6 Å². The van der Waals surface area contributed by atoms with Gasteiger partial charge in [-0.25, -0.2) is 9.97 Å². The summed E-state index contributed by atoms with van der Waals surface area (Å²) >= 11 is 4.11. The van der Waals surface area contributed by atoms with Crippen LogP contribution in [0.15, 0.2) is 6.33 Å². The summed E-state index contributed by atoms with van der Waals surface area (Å²) in [5.41, 5.74) is 1.17. The van der Waals surface area contributed by atoms with Gasteiger partial charge in [0.15, 0.2) is 0 Å². The number of hydrogen-bond donors (Lipinski definition) is 2. The molecule has 0 aromatic carbocycles. The summed E-state index contributed by atoms with van der Waals surface area (Å²) < 4.78 is 0. The Labute approximate surface area is 117 Å². The van der Waals surface area contributed by atoms with Crippen molar-refractivity contribution in [1.29, 1.82) is 0 Å². The number of aromatic nitrogens is 2. The average molecular weight is 284 g/mol. The molecule has 1 aliphatic rings. The Morgan fingerprint density at radius 1 is 1.33 bits per heavy atom. The number of anilines is 2. The van der Waals surface area contributed by atoms with Crippen LogP contribution >= 0.6 is 23.5 Å². The third-order valence-electron chi connectivity index (χ3n) is 2.92. The van der Waals surface area contributed by atoms with Gasteiger partial charge in [-0.05, 0) is 6.42 Å². The fourth-order valence-electron chi connectivity index (χ4n) is 1.98. The van der Waals surface area contributed by atoms with Crippen LogP contribution in [0.1, 0.15) is 12.5 Å². The van der Waals surface area contributed by atoms with Crippen LogP contribution in [-0.4, -0.2) is 46.1 Å². The first-order valence-electron chi connectivity index (χ1n) is 6.30. The molecule has 1 fully saturated rings. The van der Waals surface area contributed by atoms with E-state index in [-0.39, 0.29) is 0 Å². The second-order valence-corrected chi connectivity index (χ2v) is 6.66. The minimum Gasteiger partial charge on any atom is -0.373 e. The molecule has 0 spiro atoms. The van der Waals surface area contributed by atoms with Gasteiger partial charge in [-0.15, -0.1) is 0 Å². The number of nitrogens with zero attached hydrogens (tertiary/aromatic N) is 2. The predicted molar refractivity (Wildman–Crippen MR) is 83.0 cm³/mol. The molecule has 18 heavy (non-hydrogen) atoms. The van der Waals surface area contributed by atoms with Crippen molar-refractivity contribution in [3.8, 4) is 0 Å². The van der Waals surface area contributed by atoms with Gasteiger partial charge in [-0.1, -0.05) is 6.92 Å². The highest BCUT2D eigenvalue weighted by Gasteiger charge is 2.15. The first-order chi connectivity index (χ1) is 8.85. The lowest BCUT2D eigenvalue weighted by Gasteiger charge is -2.22. The van der Waals surface area contributed by atoms with E-state index in [1.165, 1.54) is 22.8 Å².